The second-order valence-corrected chi connectivity index (χ2v) is 5.23. The Morgan fingerprint density at radius 2 is 1.87 bits per heavy atom. The van der Waals surface area contributed by atoms with Gasteiger partial charge in [-0.05, 0) is 37.1 Å². The topological polar surface area (TPSA) is 54.0 Å². The van der Waals surface area contributed by atoms with E-state index in [0.29, 0.717) is 10.1 Å². The molecule has 0 spiro atoms. The molecule has 0 amide bonds. The summed E-state index contributed by atoms with van der Waals surface area (Å²) in [6.07, 6.45) is -3.52. The minimum atomic E-state index is -4.60. The smallest absolute Gasteiger partial charge is 0.227 e. The molecule has 0 bridgehead atoms. The molecule has 0 aliphatic carbocycles. The zero-order valence-electron chi connectivity index (χ0n) is 12.3. The highest BCUT2D eigenvalue weighted by Crippen LogP contribution is 2.33. The maximum atomic E-state index is 13.3. The molecule has 2 aromatic heterocycles. The maximum Gasteiger partial charge on any atom is 0.433 e. The van der Waals surface area contributed by atoms with Crippen molar-refractivity contribution in [3.63, 3.8) is 0 Å². The first-order chi connectivity index (χ1) is 10.8. The van der Waals surface area contributed by atoms with Gasteiger partial charge in [0.05, 0.1) is 11.9 Å². The summed E-state index contributed by atoms with van der Waals surface area (Å²) in [6.45, 7) is 3.79. The van der Waals surface area contributed by atoms with E-state index >= 15 is 0 Å². The molecule has 7 heteroatoms. The van der Waals surface area contributed by atoms with Gasteiger partial charge in [0.25, 0.3) is 0 Å². The van der Waals surface area contributed by atoms with Crippen molar-refractivity contribution < 1.29 is 13.2 Å². The monoisotopic (exact) mass is 316 g/mol. The lowest BCUT2D eigenvalue weighted by molar-refractivity contribution is -0.142. The van der Waals surface area contributed by atoms with Crippen molar-refractivity contribution in [2.45, 2.75) is 20.0 Å². The Labute approximate surface area is 129 Å². The van der Waals surface area contributed by atoms with Crippen molar-refractivity contribution >= 4 is 5.65 Å². The molecule has 0 N–H and O–H groups in total. The fraction of sp³-hybridized carbons (Fsp3) is 0.188. The number of hydrogen-bond donors (Lipinski definition) is 0. The third-order valence-corrected chi connectivity index (χ3v) is 3.69. The van der Waals surface area contributed by atoms with Crippen LogP contribution in [0.3, 0.4) is 0 Å². The van der Waals surface area contributed by atoms with Crippen LogP contribution in [0.5, 0.6) is 0 Å². The van der Waals surface area contributed by atoms with Gasteiger partial charge in [-0.15, -0.1) is 0 Å². The lowest BCUT2D eigenvalue weighted by atomic mass is 10.0. The number of fused-ring (bicyclic) bond motifs is 1. The van der Waals surface area contributed by atoms with Gasteiger partial charge in [-0.3, -0.25) is 0 Å². The molecule has 0 radical (unpaired) electrons. The lowest BCUT2D eigenvalue weighted by Gasteiger charge is -2.12. The summed E-state index contributed by atoms with van der Waals surface area (Å²) in [5.74, 6) is 0. The lowest BCUT2D eigenvalue weighted by Crippen LogP contribution is -2.13. The van der Waals surface area contributed by atoms with Gasteiger partial charge in [0.2, 0.25) is 0 Å². The van der Waals surface area contributed by atoms with E-state index in [9.17, 15) is 13.2 Å². The van der Waals surface area contributed by atoms with Crippen molar-refractivity contribution in [3.05, 3.63) is 52.8 Å². The summed E-state index contributed by atoms with van der Waals surface area (Å²) in [6, 6.07) is 8.08. The summed E-state index contributed by atoms with van der Waals surface area (Å²) in [5.41, 5.74) is 1.64. The van der Waals surface area contributed by atoms with Crippen LogP contribution in [0.15, 0.2) is 30.5 Å². The molecule has 0 aliphatic heterocycles. The van der Waals surface area contributed by atoms with Gasteiger partial charge in [0.15, 0.2) is 11.3 Å². The van der Waals surface area contributed by atoms with Crippen LogP contribution < -0.4 is 0 Å². The van der Waals surface area contributed by atoms with E-state index in [2.05, 4.69) is 10.1 Å². The SMILES string of the molecule is Cc1ccc(-c2cc(C(F)(F)F)n3ncc(C#N)c3n2)cc1C. The van der Waals surface area contributed by atoms with Crippen LogP contribution >= 0.6 is 0 Å². The standard InChI is InChI=1S/C16H11F3N4/c1-9-3-4-11(5-10(9)2)13-6-14(16(17,18)19)23-15(22-13)12(7-20)8-21-23/h3-6,8H,1-2H3. The van der Waals surface area contributed by atoms with Crippen LogP contribution in [-0.4, -0.2) is 14.6 Å². The van der Waals surface area contributed by atoms with Crippen LogP contribution in [0.2, 0.25) is 0 Å². The van der Waals surface area contributed by atoms with Gasteiger partial charge in [-0.2, -0.15) is 23.5 Å². The Hall–Kier alpha value is -2.88. The Morgan fingerprint density at radius 1 is 1.13 bits per heavy atom. The number of benzene rings is 1. The van der Waals surface area contributed by atoms with Crippen LogP contribution in [0.25, 0.3) is 16.9 Å². The molecule has 0 saturated heterocycles. The molecule has 23 heavy (non-hydrogen) atoms. The van der Waals surface area contributed by atoms with E-state index in [1.807, 2.05) is 26.0 Å². The second-order valence-electron chi connectivity index (χ2n) is 5.23. The number of aromatic nitrogens is 3. The normalized spacial score (nSPS) is 11.7. The number of nitrogens with zero attached hydrogens (tertiary/aromatic N) is 4. The van der Waals surface area contributed by atoms with Gasteiger partial charge in [0, 0.05) is 5.56 Å². The number of aryl methyl sites for hydroxylation is 2. The first-order valence-electron chi connectivity index (χ1n) is 6.75. The fourth-order valence-electron chi connectivity index (χ4n) is 2.29. The number of nitriles is 1. The van der Waals surface area contributed by atoms with Gasteiger partial charge in [-0.1, -0.05) is 12.1 Å². The van der Waals surface area contributed by atoms with Crippen LogP contribution in [0.4, 0.5) is 13.2 Å². The van der Waals surface area contributed by atoms with Gasteiger partial charge < -0.3 is 0 Å². The summed E-state index contributed by atoms with van der Waals surface area (Å²) < 4.78 is 40.6. The Balaban J connectivity index is 2.33. The van der Waals surface area contributed by atoms with Crippen molar-refractivity contribution in [2.75, 3.05) is 0 Å². The summed E-state index contributed by atoms with van der Waals surface area (Å²) in [4.78, 5) is 4.20. The van der Waals surface area contributed by atoms with E-state index in [1.54, 1.807) is 12.1 Å². The summed E-state index contributed by atoms with van der Waals surface area (Å²) in [5, 5.41) is 12.7. The molecular weight excluding hydrogens is 305 g/mol. The van der Waals surface area contributed by atoms with Crippen molar-refractivity contribution in [3.8, 4) is 17.3 Å². The highest BCUT2D eigenvalue weighted by Gasteiger charge is 2.35. The van der Waals surface area contributed by atoms with E-state index in [-0.39, 0.29) is 16.9 Å². The van der Waals surface area contributed by atoms with Gasteiger partial charge in [-0.25, -0.2) is 9.50 Å². The third-order valence-electron chi connectivity index (χ3n) is 3.69. The van der Waals surface area contributed by atoms with Gasteiger partial charge >= 0.3 is 6.18 Å². The molecule has 0 saturated carbocycles. The predicted octanol–water partition coefficient (Wildman–Crippen LogP) is 3.90. The molecule has 1 aromatic carbocycles. The quantitative estimate of drug-likeness (QED) is 0.684. The molecule has 116 valence electrons. The number of halogens is 3. The number of alkyl halides is 3. The van der Waals surface area contributed by atoms with E-state index in [4.69, 9.17) is 5.26 Å². The molecule has 4 nitrogen and oxygen atoms in total. The summed E-state index contributed by atoms with van der Waals surface area (Å²) in [7, 11) is 0. The fourth-order valence-corrected chi connectivity index (χ4v) is 2.29. The molecule has 3 aromatic rings. The summed E-state index contributed by atoms with van der Waals surface area (Å²) >= 11 is 0. The molecule has 0 fully saturated rings. The number of rotatable bonds is 1. The molecule has 3 rings (SSSR count). The molecular formula is C16H11F3N4. The van der Waals surface area contributed by atoms with Crippen molar-refractivity contribution in [1.29, 1.82) is 5.26 Å². The number of hydrogen-bond acceptors (Lipinski definition) is 3. The van der Waals surface area contributed by atoms with Gasteiger partial charge in [0.1, 0.15) is 11.6 Å². The highest BCUT2D eigenvalue weighted by atomic mass is 19.4. The average molecular weight is 316 g/mol. The molecule has 0 unspecified atom stereocenters. The van der Waals surface area contributed by atoms with E-state index in [1.165, 1.54) is 0 Å². The zero-order valence-corrected chi connectivity index (χ0v) is 12.3. The van der Waals surface area contributed by atoms with Crippen LogP contribution in [0.1, 0.15) is 22.4 Å². The van der Waals surface area contributed by atoms with Crippen molar-refractivity contribution in [2.24, 2.45) is 0 Å². The largest absolute Gasteiger partial charge is 0.433 e. The Bertz CT molecular complexity index is 948. The minimum absolute atomic E-state index is 0.00110. The molecule has 0 aliphatic rings. The van der Waals surface area contributed by atoms with Crippen LogP contribution in [0, 0.1) is 25.2 Å². The average Bonchev–Trinajstić information content (AvgIpc) is 2.91. The highest BCUT2D eigenvalue weighted by molar-refractivity contribution is 5.66. The minimum Gasteiger partial charge on any atom is -0.227 e. The first-order valence-corrected chi connectivity index (χ1v) is 6.75. The Kier molecular flexibility index (Phi) is 3.33. The molecule has 0 atom stereocenters. The van der Waals surface area contributed by atoms with Crippen LogP contribution in [-0.2, 0) is 6.18 Å². The Morgan fingerprint density at radius 3 is 2.48 bits per heavy atom. The first kappa shape index (κ1) is 15.0. The van der Waals surface area contributed by atoms with E-state index in [0.717, 1.165) is 23.4 Å². The van der Waals surface area contributed by atoms with Crippen molar-refractivity contribution in [1.82, 2.24) is 14.6 Å². The zero-order chi connectivity index (χ0) is 16.8. The maximum absolute atomic E-state index is 13.3. The third kappa shape index (κ3) is 2.52. The molecule has 2 heterocycles. The second kappa shape index (κ2) is 5.09. The predicted molar refractivity (Wildman–Crippen MR) is 77.6 cm³/mol. The van der Waals surface area contributed by atoms with E-state index < -0.39 is 11.9 Å².